The minimum atomic E-state index is -1.12. The number of hydrogen-bond acceptors (Lipinski definition) is 5. The molecule has 3 N–H and O–H groups in total. The predicted molar refractivity (Wildman–Crippen MR) is 98.3 cm³/mol. The number of rotatable bonds is 6. The quantitative estimate of drug-likeness (QED) is 0.715. The first-order chi connectivity index (χ1) is 13.0. The number of hydrogen-bond donors (Lipinski definition) is 3. The fraction of sp³-hybridized carbons (Fsp3) is 0.400. The van der Waals surface area contributed by atoms with Crippen LogP contribution in [-0.2, 0) is 6.42 Å². The molecular weight excluding hydrogens is 350 g/mol. The summed E-state index contributed by atoms with van der Waals surface area (Å²) in [5, 5.41) is 21.8. The number of carboxylic acid groups (broad SMARTS) is 1. The maximum atomic E-state index is 12.3. The summed E-state index contributed by atoms with van der Waals surface area (Å²) in [7, 11) is 0. The maximum Gasteiger partial charge on any atom is 0.339 e. The Hall–Kier alpha value is -2.80. The van der Waals surface area contributed by atoms with Gasteiger partial charge in [-0.1, -0.05) is 13.3 Å². The zero-order chi connectivity index (χ0) is 19.4. The van der Waals surface area contributed by atoms with E-state index < -0.39 is 18.0 Å². The van der Waals surface area contributed by atoms with Crippen LogP contribution >= 0.6 is 0 Å². The van der Waals surface area contributed by atoms with Crippen LogP contribution in [0, 0.1) is 0 Å². The Morgan fingerprint density at radius 1 is 1.22 bits per heavy atom. The fourth-order valence-electron chi connectivity index (χ4n) is 3.18. The lowest BCUT2D eigenvalue weighted by atomic mass is 9.95. The molecule has 1 amide bonds. The second kappa shape index (κ2) is 8.26. The SMILES string of the molecule is CCc1oc(C(=O)Nc2ccc(OC3CCCCC3O)cc2)cc1C(=O)O. The summed E-state index contributed by atoms with van der Waals surface area (Å²) in [4.78, 5) is 23.5. The van der Waals surface area contributed by atoms with Gasteiger partial charge in [-0.25, -0.2) is 4.79 Å². The summed E-state index contributed by atoms with van der Waals surface area (Å²) in [6, 6.07) is 8.05. The number of anilines is 1. The van der Waals surface area contributed by atoms with Crippen LogP contribution in [0.15, 0.2) is 34.7 Å². The first-order valence-corrected chi connectivity index (χ1v) is 9.10. The number of nitrogens with one attached hydrogen (secondary N) is 1. The van der Waals surface area contributed by atoms with Crippen molar-refractivity contribution in [2.75, 3.05) is 5.32 Å². The average molecular weight is 373 g/mol. The third-order valence-corrected chi connectivity index (χ3v) is 4.65. The second-order valence-corrected chi connectivity index (χ2v) is 6.59. The van der Waals surface area contributed by atoms with Crippen molar-refractivity contribution in [2.24, 2.45) is 0 Å². The number of aliphatic hydroxyl groups is 1. The number of aromatic carboxylic acids is 1. The molecule has 2 aromatic rings. The Morgan fingerprint density at radius 2 is 1.93 bits per heavy atom. The van der Waals surface area contributed by atoms with Crippen molar-refractivity contribution in [3.05, 3.63) is 47.4 Å². The Labute approximate surface area is 157 Å². The molecule has 1 aliphatic rings. The average Bonchev–Trinajstić information content (AvgIpc) is 3.10. The van der Waals surface area contributed by atoms with Gasteiger partial charge in [0.25, 0.3) is 5.91 Å². The Morgan fingerprint density at radius 3 is 2.52 bits per heavy atom. The van der Waals surface area contributed by atoms with Gasteiger partial charge in [0, 0.05) is 18.2 Å². The highest BCUT2D eigenvalue weighted by Gasteiger charge is 2.24. The van der Waals surface area contributed by atoms with E-state index >= 15 is 0 Å². The molecule has 0 spiro atoms. The molecule has 2 atom stereocenters. The third kappa shape index (κ3) is 4.49. The van der Waals surface area contributed by atoms with Crippen molar-refractivity contribution in [3.8, 4) is 5.75 Å². The topological polar surface area (TPSA) is 109 Å². The van der Waals surface area contributed by atoms with E-state index in [1.165, 1.54) is 6.07 Å². The molecule has 0 radical (unpaired) electrons. The smallest absolute Gasteiger partial charge is 0.339 e. The first-order valence-electron chi connectivity index (χ1n) is 9.10. The normalized spacial score (nSPS) is 19.5. The van der Waals surface area contributed by atoms with Crippen molar-refractivity contribution >= 4 is 17.6 Å². The van der Waals surface area contributed by atoms with Crippen LogP contribution < -0.4 is 10.1 Å². The van der Waals surface area contributed by atoms with E-state index in [9.17, 15) is 14.7 Å². The van der Waals surface area contributed by atoms with Crippen LogP contribution in [0.3, 0.4) is 0 Å². The molecule has 0 saturated heterocycles. The summed E-state index contributed by atoms with van der Waals surface area (Å²) in [5.74, 6) is -0.801. The molecule has 1 aliphatic carbocycles. The minimum absolute atomic E-state index is 0.00237. The van der Waals surface area contributed by atoms with Crippen LogP contribution in [0.25, 0.3) is 0 Å². The molecule has 1 aromatic heterocycles. The number of benzene rings is 1. The molecule has 7 nitrogen and oxygen atoms in total. The zero-order valence-electron chi connectivity index (χ0n) is 15.1. The van der Waals surface area contributed by atoms with Crippen LogP contribution in [-0.4, -0.2) is 34.3 Å². The molecule has 0 bridgehead atoms. The van der Waals surface area contributed by atoms with Crippen LogP contribution in [0.1, 0.15) is 59.3 Å². The van der Waals surface area contributed by atoms with Gasteiger partial charge in [0.15, 0.2) is 5.76 Å². The van der Waals surface area contributed by atoms with Gasteiger partial charge in [-0.05, 0) is 43.5 Å². The lowest BCUT2D eigenvalue weighted by molar-refractivity contribution is 0.00688. The van der Waals surface area contributed by atoms with E-state index in [0.717, 1.165) is 25.7 Å². The van der Waals surface area contributed by atoms with Crippen LogP contribution in [0.5, 0.6) is 5.75 Å². The number of ether oxygens (including phenoxy) is 1. The van der Waals surface area contributed by atoms with Crippen molar-refractivity contribution in [3.63, 3.8) is 0 Å². The maximum absolute atomic E-state index is 12.3. The van der Waals surface area contributed by atoms with E-state index in [1.807, 2.05) is 0 Å². The lowest BCUT2D eigenvalue weighted by Gasteiger charge is -2.28. The van der Waals surface area contributed by atoms with Gasteiger partial charge in [0.1, 0.15) is 23.2 Å². The van der Waals surface area contributed by atoms with Crippen molar-refractivity contribution < 1.29 is 29.0 Å². The van der Waals surface area contributed by atoms with E-state index in [4.69, 9.17) is 14.3 Å². The van der Waals surface area contributed by atoms with Crippen molar-refractivity contribution in [1.82, 2.24) is 0 Å². The highest BCUT2D eigenvalue weighted by atomic mass is 16.5. The standard InChI is InChI=1S/C20H23NO6/c1-2-16-14(20(24)25)11-18(27-16)19(23)21-12-7-9-13(10-8-12)26-17-6-4-3-5-15(17)22/h7-11,15,17,22H,2-6H2,1H3,(H,21,23)(H,24,25). The summed E-state index contributed by atoms with van der Waals surface area (Å²) in [5.41, 5.74) is 0.528. The molecule has 3 rings (SSSR count). The molecule has 1 fully saturated rings. The van der Waals surface area contributed by atoms with Crippen molar-refractivity contribution in [2.45, 2.75) is 51.2 Å². The highest BCUT2D eigenvalue weighted by molar-refractivity contribution is 6.04. The molecular formula is C20H23NO6. The van der Waals surface area contributed by atoms with Gasteiger partial charge in [0.05, 0.1) is 6.10 Å². The molecule has 0 aliphatic heterocycles. The Bertz CT molecular complexity index is 810. The van der Waals surface area contributed by atoms with Gasteiger partial charge in [-0.3, -0.25) is 4.79 Å². The second-order valence-electron chi connectivity index (χ2n) is 6.59. The van der Waals surface area contributed by atoms with Gasteiger partial charge < -0.3 is 24.7 Å². The Kier molecular flexibility index (Phi) is 5.81. The summed E-state index contributed by atoms with van der Waals surface area (Å²) >= 11 is 0. The third-order valence-electron chi connectivity index (χ3n) is 4.65. The molecule has 1 saturated carbocycles. The molecule has 144 valence electrons. The summed E-state index contributed by atoms with van der Waals surface area (Å²) in [6.07, 6.45) is 3.36. The molecule has 1 heterocycles. The van der Waals surface area contributed by atoms with Crippen LogP contribution in [0.4, 0.5) is 5.69 Å². The number of furan rings is 1. The van der Waals surface area contributed by atoms with Gasteiger partial charge in [-0.2, -0.15) is 0 Å². The van der Waals surface area contributed by atoms with Crippen LogP contribution in [0.2, 0.25) is 0 Å². The molecule has 2 unspecified atom stereocenters. The fourth-order valence-corrected chi connectivity index (χ4v) is 3.18. The molecule has 7 heteroatoms. The lowest BCUT2D eigenvalue weighted by Crippen LogP contribution is -2.34. The summed E-state index contributed by atoms with van der Waals surface area (Å²) < 4.78 is 11.2. The number of carbonyl (C=O) groups excluding carboxylic acids is 1. The highest BCUT2D eigenvalue weighted by Crippen LogP contribution is 2.25. The number of carbonyl (C=O) groups is 2. The van der Waals surface area contributed by atoms with Gasteiger partial charge >= 0.3 is 5.97 Å². The van der Waals surface area contributed by atoms with E-state index in [2.05, 4.69) is 5.32 Å². The predicted octanol–water partition coefficient (Wildman–Crippen LogP) is 3.47. The number of aryl methyl sites for hydroxylation is 1. The largest absolute Gasteiger partial charge is 0.488 e. The first kappa shape index (κ1) is 19.0. The van der Waals surface area contributed by atoms with E-state index in [-0.39, 0.29) is 23.2 Å². The number of carboxylic acids is 1. The molecule has 1 aromatic carbocycles. The van der Waals surface area contributed by atoms with E-state index in [0.29, 0.717) is 17.9 Å². The number of aliphatic hydroxyl groups excluding tert-OH is 1. The Balaban J connectivity index is 1.64. The summed E-state index contributed by atoms with van der Waals surface area (Å²) in [6.45, 7) is 1.76. The van der Waals surface area contributed by atoms with Gasteiger partial charge in [0.2, 0.25) is 0 Å². The number of amides is 1. The van der Waals surface area contributed by atoms with Crippen molar-refractivity contribution in [1.29, 1.82) is 0 Å². The monoisotopic (exact) mass is 373 g/mol. The van der Waals surface area contributed by atoms with E-state index in [1.54, 1.807) is 31.2 Å². The zero-order valence-corrected chi connectivity index (χ0v) is 15.1. The van der Waals surface area contributed by atoms with Gasteiger partial charge in [-0.15, -0.1) is 0 Å². The minimum Gasteiger partial charge on any atom is -0.488 e. The molecule has 27 heavy (non-hydrogen) atoms.